The smallest absolute Gasteiger partial charge is 0.228 e. The second-order valence-corrected chi connectivity index (χ2v) is 8.38. The van der Waals surface area contributed by atoms with Gasteiger partial charge in [-0.2, -0.15) is 0 Å². The lowest BCUT2D eigenvalue weighted by Crippen LogP contribution is -2.23. The molecule has 0 radical (unpaired) electrons. The first-order valence-corrected chi connectivity index (χ1v) is 11.1. The number of oxazole rings is 1. The number of carbonyl (C=O) groups is 1. The summed E-state index contributed by atoms with van der Waals surface area (Å²) in [5.74, 6) is 3.04. The number of carbonyl (C=O) groups excluding carboxylic acids is 1. The molecule has 7 heteroatoms. The Kier molecular flexibility index (Phi) is 5.69. The number of amides is 1. The average Bonchev–Trinajstić information content (AvgIpc) is 3.54. The molecule has 1 amide bonds. The summed E-state index contributed by atoms with van der Waals surface area (Å²) in [6, 6.07) is 16.8. The maximum Gasteiger partial charge on any atom is 0.228 e. The fourth-order valence-electron chi connectivity index (χ4n) is 3.54. The molecule has 0 bridgehead atoms. The fraction of sp³-hybridized carbons (Fsp3) is 0.269. The molecule has 2 aromatic heterocycles. The molecule has 1 unspecified atom stereocenters. The highest BCUT2D eigenvalue weighted by atomic mass is 16.5. The standard InChI is InChI=1S/C26H25N3O4/c1-16(28-17(2)30)19-8-10-23-24(12-19)33-26(29-23)20-9-11-25(27-14-20)32-22-5-3-4-21(13-22)31-15-18-6-7-18/h3-5,8-14,16,18H,6-7,15H2,1-2H3,(H,28,30). The van der Waals surface area contributed by atoms with E-state index in [0.717, 1.165) is 29.0 Å². The monoisotopic (exact) mass is 443 g/mol. The zero-order valence-corrected chi connectivity index (χ0v) is 18.6. The van der Waals surface area contributed by atoms with Crippen LogP contribution in [0.2, 0.25) is 0 Å². The van der Waals surface area contributed by atoms with E-state index in [1.165, 1.54) is 19.8 Å². The fourth-order valence-corrected chi connectivity index (χ4v) is 3.54. The Morgan fingerprint density at radius 1 is 1.15 bits per heavy atom. The molecule has 7 nitrogen and oxygen atoms in total. The van der Waals surface area contributed by atoms with Gasteiger partial charge in [-0.25, -0.2) is 9.97 Å². The number of pyridine rings is 1. The molecule has 2 aromatic carbocycles. The number of benzene rings is 2. The van der Waals surface area contributed by atoms with E-state index in [1.807, 2.05) is 55.5 Å². The van der Waals surface area contributed by atoms with E-state index in [0.29, 0.717) is 29.0 Å². The van der Waals surface area contributed by atoms with E-state index in [1.54, 1.807) is 12.3 Å². The first-order chi connectivity index (χ1) is 16.0. The van der Waals surface area contributed by atoms with Crippen LogP contribution in [0.5, 0.6) is 17.4 Å². The Balaban J connectivity index is 1.29. The molecule has 5 rings (SSSR count). The topological polar surface area (TPSA) is 86.5 Å². The minimum absolute atomic E-state index is 0.0771. The highest BCUT2D eigenvalue weighted by molar-refractivity contribution is 5.77. The number of hydrogen-bond acceptors (Lipinski definition) is 6. The summed E-state index contributed by atoms with van der Waals surface area (Å²) in [5.41, 5.74) is 3.09. The average molecular weight is 444 g/mol. The molecule has 0 spiro atoms. The molecule has 1 fully saturated rings. The highest BCUT2D eigenvalue weighted by Gasteiger charge is 2.22. The first kappa shape index (κ1) is 21.0. The Morgan fingerprint density at radius 3 is 2.76 bits per heavy atom. The lowest BCUT2D eigenvalue weighted by molar-refractivity contribution is -0.119. The van der Waals surface area contributed by atoms with Crippen molar-refractivity contribution in [2.24, 2.45) is 5.92 Å². The van der Waals surface area contributed by atoms with Crippen molar-refractivity contribution in [2.75, 3.05) is 6.61 Å². The van der Waals surface area contributed by atoms with Gasteiger partial charge in [-0.15, -0.1) is 0 Å². The summed E-state index contributed by atoms with van der Waals surface area (Å²) >= 11 is 0. The van der Waals surface area contributed by atoms with Crippen LogP contribution in [0.4, 0.5) is 0 Å². The summed E-state index contributed by atoms with van der Waals surface area (Å²) in [7, 11) is 0. The maximum absolute atomic E-state index is 11.3. The van der Waals surface area contributed by atoms with E-state index in [4.69, 9.17) is 13.9 Å². The largest absolute Gasteiger partial charge is 0.493 e. The van der Waals surface area contributed by atoms with Crippen LogP contribution < -0.4 is 14.8 Å². The number of hydrogen-bond donors (Lipinski definition) is 1. The van der Waals surface area contributed by atoms with E-state index < -0.39 is 0 Å². The highest BCUT2D eigenvalue weighted by Crippen LogP contribution is 2.31. The van der Waals surface area contributed by atoms with Crippen LogP contribution in [-0.2, 0) is 4.79 Å². The van der Waals surface area contributed by atoms with Gasteiger partial charge in [-0.1, -0.05) is 12.1 Å². The van der Waals surface area contributed by atoms with Crippen LogP contribution in [0.15, 0.2) is 65.2 Å². The van der Waals surface area contributed by atoms with Gasteiger partial charge in [0.15, 0.2) is 5.58 Å². The lowest BCUT2D eigenvalue weighted by atomic mass is 10.1. The van der Waals surface area contributed by atoms with Crippen molar-refractivity contribution in [3.05, 3.63) is 66.4 Å². The van der Waals surface area contributed by atoms with Gasteiger partial charge in [0.05, 0.1) is 18.2 Å². The summed E-state index contributed by atoms with van der Waals surface area (Å²) in [6.45, 7) is 4.19. The second kappa shape index (κ2) is 8.94. The van der Waals surface area contributed by atoms with Gasteiger partial charge in [0.1, 0.15) is 17.0 Å². The molecule has 1 aliphatic carbocycles. The third-order valence-electron chi connectivity index (χ3n) is 5.53. The molecule has 4 aromatic rings. The van der Waals surface area contributed by atoms with Gasteiger partial charge in [0, 0.05) is 25.3 Å². The minimum atomic E-state index is -0.115. The van der Waals surface area contributed by atoms with Crippen molar-refractivity contribution in [3.8, 4) is 28.8 Å². The summed E-state index contributed by atoms with van der Waals surface area (Å²) < 4.78 is 17.7. The SMILES string of the molecule is CC(=O)NC(C)c1ccc2nc(-c3ccc(Oc4cccc(OCC5CC5)c4)nc3)oc2c1. The molecular weight excluding hydrogens is 418 g/mol. The van der Waals surface area contributed by atoms with E-state index in [9.17, 15) is 4.79 Å². The van der Waals surface area contributed by atoms with Crippen LogP contribution in [-0.4, -0.2) is 22.5 Å². The molecule has 1 saturated carbocycles. The van der Waals surface area contributed by atoms with Gasteiger partial charge < -0.3 is 19.2 Å². The minimum Gasteiger partial charge on any atom is -0.493 e. The van der Waals surface area contributed by atoms with Crippen LogP contribution in [0, 0.1) is 5.92 Å². The third-order valence-corrected chi connectivity index (χ3v) is 5.53. The number of aromatic nitrogens is 2. The van der Waals surface area contributed by atoms with Crippen LogP contribution in [0.25, 0.3) is 22.6 Å². The first-order valence-electron chi connectivity index (χ1n) is 11.1. The summed E-state index contributed by atoms with van der Waals surface area (Å²) in [5, 5.41) is 2.87. The van der Waals surface area contributed by atoms with Gasteiger partial charge in [0.2, 0.25) is 17.7 Å². The molecular formula is C26H25N3O4. The molecule has 33 heavy (non-hydrogen) atoms. The van der Waals surface area contributed by atoms with Crippen molar-refractivity contribution >= 4 is 17.0 Å². The van der Waals surface area contributed by atoms with Crippen LogP contribution in [0.1, 0.15) is 38.3 Å². The van der Waals surface area contributed by atoms with Gasteiger partial charge in [-0.05, 0) is 61.6 Å². The number of nitrogens with zero attached hydrogens (tertiary/aromatic N) is 2. The Hall–Kier alpha value is -3.87. The van der Waals surface area contributed by atoms with Crippen molar-refractivity contribution in [3.63, 3.8) is 0 Å². The number of nitrogens with one attached hydrogen (secondary N) is 1. The predicted octanol–water partition coefficient (Wildman–Crippen LogP) is 5.67. The Labute approximate surface area is 191 Å². The molecule has 1 N–H and O–H groups in total. The van der Waals surface area contributed by atoms with Crippen molar-refractivity contribution < 1.29 is 18.7 Å². The summed E-state index contributed by atoms with van der Waals surface area (Å²) in [6.07, 6.45) is 4.18. The zero-order chi connectivity index (χ0) is 22.8. The van der Waals surface area contributed by atoms with Gasteiger partial charge in [0.25, 0.3) is 0 Å². The van der Waals surface area contributed by atoms with Crippen molar-refractivity contribution in [1.82, 2.24) is 15.3 Å². The van der Waals surface area contributed by atoms with Crippen molar-refractivity contribution in [2.45, 2.75) is 32.7 Å². The summed E-state index contributed by atoms with van der Waals surface area (Å²) in [4.78, 5) is 20.3. The normalized spacial score (nSPS) is 14.1. The molecule has 168 valence electrons. The van der Waals surface area contributed by atoms with E-state index >= 15 is 0 Å². The van der Waals surface area contributed by atoms with Crippen LogP contribution in [0.3, 0.4) is 0 Å². The third kappa shape index (κ3) is 5.14. The van der Waals surface area contributed by atoms with Crippen molar-refractivity contribution in [1.29, 1.82) is 0 Å². The molecule has 0 saturated heterocycles. The number of ether oxygens (including phenoxy) is 2. The number of fused-ring (bicyclic) bond motifs is 1. The van der Waals surface area contributed by atoms with E-state index in [2.05, 4.69) is 15.3 Å². The second-order valence-electron chi connectivity index (χ2n) is 8.38. The van der Waals surface area contributed by atoms with Gasteiger partial charge in [-0.3, -0.25) is 4.79 Å². The zero-order valence-electron chi connectivity index (χ0n) is 18.6. The molecule has 2 heterocycles. The Morgan fingerprint density at radius 2 is 2.00 bits per heavy atom. The maximum atomic E-state index is 11.3. The van der Waals surface area contributed by atoms with E-state index in [-0.39, 0.29) is 11.9 Å². The molecule has 1 aliphatic rings. The predicted molar refractivity (Wildman–Crippen MR) is 124 cm³/mol. The molecule has 1 atom stereocenters. The molecule has 0 aliphatic heterocycles. The van der Waals surface area contributed by atoms with Crippen LogP contribution >= 0.6 is 0 Å². The lowest BCUT2D eigenvalue weighted by Gasteiger charge is -2.12. The number of rotatable bonds is 8. The van der Waals surface area contributed by atoms with Gasteiger partial charge >= 0.3 is 0 Å². The Bertz CT molecular complexity index is 1280. The quantitative estimate of drug-likeness (QED) is 0.378.